The minimum Gasteiger partial charge on any atom is -0.351 e. The van der Waals surface area contributed by atoms with Gasteiger partial charge in [0.1, 0.15) is 5.69 Å². The Morgan fingerprint density at radius 2 is 1.96 bits per heavy atom. The largest absolute Gasteiger partial charge is 0.351 e. The highest BCUT2D eigenvalue weighted by Crippen LogP contribution is 2.21. The number of nitrogens with one attached hydrogen (secondary N) is 2. The van der Waals surface area contributed by atoms with E-state index in [2.05, 4.69) is 20.6 Å². The van der Waals surface area contributed by atoms with Gasteiger partial charge in [-0.05, 0) is 49.9 Å². The number of carbonyl (C=O) groups excluding carboxylic acids is 1. The summed E-state index contributed by atoms with van der Waals surface area (Å²) < 4.78 is 0. The van der Waals surface area contributed by atoms with E-state index in [-0.39, 0.29) is 5.91 Å². The smallest absolute Gasteiger partial charge is 0.274 e. The molecule has 1 aromatic carbocycles. The molecule has 5 heteroatoms. The zero-order valence-corrected chi connectivity index (χ0v) is 13.6. The van der Waals surface area contributed by atoms with Crippen LogP contribution in [0, 0.1) is 13.8 Å². The number of aryl methyl sites for hydroxylation is 2. The molecular weight excluding hydrogens is 288 g/mol. The maximum absolute atomic E-state index is 12.4. The first-order valence-electron chi connectivity index (χ1n) is 8.10. The lowest BCUT2D eigenvalue weighted by molar-refractivity contribution is 0.102. The molecule has 3 rings (SSSR count). The van der Waals surface area contributed by atoms with Crippen LogP contribution in [0.3, 0.4) is 0 Å². The van der Waals surface area contributed by atoms with Crippen molar-refractivity contribution in [2.45, 2.75) is 45.6 Å². The molecular formula is C18H22N4O. The second-order valence-corrected chi connectivity index (χ2v) is 6.16. The molecule has 1 heterocycles. The summed E-state index contributed by atoms with van der Waals surface area (Å²) in [6.45, 7) is 3.98. The van der Waals surface area contributed by atoms with Crippen molar-refractivity contribution in [3.05, 3.63) is 47.3 Å². The molecule has 0 unspecified atom stereocenters. The van der Waals surface area contributed by atoms with Crippen molar-refractivity contribution in [3.63, 3.8) is 0 Å². The Balaban J connectivity index is 1.72. The molecule has 0 bridgehead atoms. The molecule has 1 saturated carbocycles. The average Bonchev–Trinajstić information content (AvgIpc) is 3.04. The van der Waals surface area contributed by atoms with Crippen LogP contribution in [0.15, 0.2) is 30.5 Å². The van der Waals surface area contributed by atoms with Crippen molar-refractivity contribution < 1.29 is 4.79 Å². The fraction of sp³-hybridized carbons (Fsp3) is 0.389. The van der Waals surface area contributed by atoms with Gasteiger partial charge in [0.2, 0.25) is 5.95 Å². The minimum absolute atomic E-state index is 0.212. The number of hydrogen-bond acceptors (Lipinski definition) is 4. The van der Waals surface area contributed by atoms with Crippen molar-refractivity contribution in [1.82, 2.24) is 9.97 Å². The van der Waals surface area contributed by atoms with Crippen LogP contribution < -0.4 is 10.6 Å². The van der Waals surface area contributed by atoms with Crippen LogP contribution >= 0.6 is 0 Å². The van der Waals surface area contributed by atoms with Crippen molar-refractivity contribution in [1.29, 1.82) is 0 Å². The first-order chi connectivity index (χ1) is 11.1. The molecule has 1 aliphatic carbocycles. The molecule has 1 amide bonds. The Labute approximate surface area is 136 Å². The molecule has 0 atom stereocenters. The van der Waals surface area contributed by atoms with Crippen LogP contribution in [-0.4, -0.2) is 21.9 Å². The van der Waals surface area contributed by atoms with E-state index in [0.29, 0.717) is 17.7 Å². The monoisotopic (exact) mass is 310 g/mol. The molecule has 1 aromatic heterocycles. The standard InChI is InChI=1S/C18H22N4O/c1-12-7-8-13(2)16(11-12)21-17(23)15-9-10-19-18(22-15)20-14-5-3-4-6-14/h7-11,14H,3-6H2,1-2H3,(H,21,23)(H,19,20,22). The van der Waals surface area contributed by atoms with E-state index in [1.807, 2.05) is 32.0 Å². The highest BCUT2D eigenvalue weighted by atomic mass is 16.1. The Morgan fingerprint density at radius 1 is 1.17 bits per heavy atom. The van der Waals surface area contributed by atoms with E-state index < -0.39 is 0 Å². The first kappa shape index (κ1) is 15.5. The van der Waals surface area contributed by atoms with Gasteiger partial charge in [-0.15, -0.1) is 0 Å². The van der Waals surface area contributed by atoms with Crippen LogP contribution in [0.2, 0.25) is 0 Å². The summed E-state index contributed by atoms with van der Waals surface area (Å²) in [4.78, 5) is 21.0. The van der Waals surface area contributed by atoms with Gasteiger partial charge < -0.3 is 10.6 Å². The van der Waals surface area contributed by atoms with Crippen LogP contribution in [0.4, 0.5) is 11.6 Å². The van der Waals surface area contributed by atoms with Crippen LogP contribution in [0.1, 0.15) is 47.3 Å². The Hall–Kier alpha value is -2.43. The molecule has 2 aromatic rings. The molecule has 0 spiro atoms. The SMILES string of the molecule is Cc1ccc(C)c(NC(=O)c2ccnc(NC3CCCC3)n2)c1. The number of nitrogens with zero attached hydrogens (tertiary/aromatic N) is 2. The predicted molar refractivity (Wildman–Crippen MR) is 91.8 cm³/mol. The normalized spacial score (nSPS) is 14.7. The summed E-state index contributed by atoms with van der Waals surface area (Å²) in [6.07, 6.45) is 6.39. The lowest BCUT2D eigenvalue weighted by atomic mass is 10.1. The molecule has 2 N–H and O–H groups in total. The number of aromatic nitrogens is 2. The second-order valence-electron chi connectivity index (χ2n) is 6.16. The van der Waals surface area contributed by atoms with Crippen molar-refractivity contribution in [2.24, 2.45) is 0 Å². The molecule has 23 heavy (non-hydrogen) atoms. The van der Waals surface area contributed by atoms with Crippen LogP contribution in [0.5, 0.6) is 0 Å². The number of rotatable bonds is 4. The summed E-state index contributed by atoms with van der Waals surface area (Å²) in [7, 11) is 0. The Kier molecular flexibility index (Phi) is 4.55. The van der Waals surface area contributed by atoms with Crippen molar-refractivity contribution in [3.8, 4) is 0 Å². The van der Waals surface area contributed by atoms with Crippen molar-refractivity contribution >= 4 is 17.5 Å². The van der Waals surface area contributed by atoms with E-state index in [1.54, 1.807) is 12.3 Å². The highest BCUT2D eigenvalue weighted by molar-refractivity contribution is 6.03. The third-order valence-electron chi connectivity index (χ3n) is 4.22. The van der Waals surface area contributed by atoms with Crippen molar-refractivity contribution in [2.75, 3.05) is 10.6 Å². The number of hydrogen-bond donors (Lipinski definition) is 2. The maximum Gasteiger partial charge on any atom is 0.274 e. The topological polar surface area (TPSA) is 66.9 Å². The van der Waals surface area contributed by atoms with Gasteiger partial charge in [0.25, 0.3) is 5.91 Å². The zero-order chi connectivity index (χ0) is 16.2. The number of anilines is 2. The summed E-state index contributed by atoms with van der Waals surface area (Å²) in [5.41, 5.74) is 3.33. The lowest BCUT2D eigenvalue weighted by Gasteiger charge is -2.12. The fourth-order valence-corrected chi connectivity index (χ4v) is 2.86. The van der Waals surface area contributed by atoms with Gasteiger partial charge >= 0.3 is 0 Å². The highest BCUT2D eigenvalue weighted by Gasteiger charge is 2.17. The Bertz CT molecular complexity index is 708. The van der Waals surface area contributed by atoms with E-state index in [4.69, 9.17) is 0 Å². The fourth-order valence-electron chi connectivity index (χ4n) is 2.86. The van der Waals surface area contributed by atoms with Gasteiger partial charge in [-0.25, -0.2) is 9.97 Å². The average molecular weight is 310 g/mol. The second kappa shape index (κ2) is 6.77. The van der Waals surface area contributed by atoms with Gasteiger partial charge in [-0.2, -0.15) is 0 Å². The number of carbonyl (C=O) groups is 1. The molecule has 0 saturated heterocycles. The molecule has 5 nitrogen and oxygen atoms in total. The van der Waals surface area contributed by atoms with E-state index >= 15 is 0 Å². The van der Waals surface area contributed by atoms with Crippen LogP contribution in [0.25, 0.3) is 0 Å². The van der Waals surface area contributed by atoms with Crippen LogP contribution in [-0.2, 0) is 0 Å². The number of amides is 1. The summed E-state index contributed by atoms with van der Waals surface area (Å²) in [5, 5.41) is 6.25. The molecule has 0 radical (unpaired) electrons. The van der Waals surface area contributed by atoms with Gasteiger partial charge in [-0.3, -0.25) is 4.79 Å². The predicted octanol–water partition coefficient (Wildman–Crippen LogP) is 3.70. The van der Waals surface area contributed by atoms with Gasteiger partial charge in [0.05, 0.1) is 0 Å². The van der Waals surface area contributed by atoms with Gasteiger partial charge in [-0.1, -0.05) is 25.0 Å². The van der Waals surface area contributed by atoms with Gasteiger partial charge in [0, 0.05) is 17.9 Å². The number of benzene rings is 1. The first-order valence-corrected chi connectivity index (χ1v) is 8.10. The summed E-state index contributed by atoms with van der Waals surface area (Å²) >= 11 is 0. The third kappa shape index (κ3) is 3.86. The maximum atomic E-state index is 12.4. The zero-order valence-electron chi connectivity index (χ0n) is 13.6. The summed E-state index contributed by atoms with van der Waals surface area (Å²) in [6, 6.07) is 8.05. The molecule has 1 fully saturated rings. The van der Waals surface area contributed by atoms with E-state index in [0.717, 1.165) is 29.7 Å². The Morgan fingerprint density at radius 3 is 2.74 bits per heavy atom. The third-order valence-corrected chi connectivity index (χ3v) is 4.22. The van der Waals surface area contributed by atoms with E-state index in [9.17, 15) is 4.79 Å². The van der Waals surface area contributed by atoms with Gasteiger partial charge in [0.15, 0.2) is 0 Å². The quantitative estimate of drug-likeness (QED) is 0.903. The molecule has 1 aliphatic rings. The minimum atomic E-state index is -0.212. The van der Waals surface area contributed by atoms with E-state index in [1.165, 1.54) is 12.8 Å². The molecule has 0 aliphatic heterocycles. The molecule has 120 valence electrons. The summed E-state index contributed by atoms with van der Waals surface area (Å²) in [5.74, 6) is 0.320. The lowest BCUT2D eigenvalue weighted by Crippen LogP contribution is -2.19.